The van der Waals surface area contributed by atoms with Crippen LogP contribution in [0, 0.1) is 5.41 Å². The van der Waals surface area contributed by atoms with E-state index >= 15 is 0 Å². The maximum atomic E-state index is 5.27. The lowest BCUT2D eigenvalue weighted by Crippen LogP contribution is -2.25. The number of ether oxygens (including phenoxy) is 1. The van der Waals surface area contributed by atoms with Crippen LogP contribution in [0.3, 0.4) is 0 Å². The molecule has 11 heavy (non-hydrogen) atoms. The maximum absolute atomic E-state index is 5.27. The topological polar surface area (TPSA) is 24.5 Å². The Labute approximate surface area is 71.1 Å². The van der Waals surface area contributed by atoms with Crippen LogP contribution >= 0.6 is 11.8 Å². The van der Waals surface area contributed by atoms with Crippen LogP contribution in [0.5, 0.6) is 0 Å². The number of hydrogen-bond donors (Lipinski definition) is 1. The van der Waals surface area contributed by atoms with Gasteiger partial charge in [-0.15, -0.1) is 0 Å². The van der Waals surface area contributed by atoms with Crippen LogP contribution in [0.2, 0.25) is 0 Å². The summed E-state index contributed by atoms with van der Waals surface area (Å²) in [7, 11) is 1.84. The number of nitrogens with one attached hydrogen (secondary N) is 1. The summed E-state index contributed by atoms with van der Waals surface area (Å²) >= 11 is 1.46. The van der Waals surface area contributed by atoms with Gasteiger partial charge in [-0.25, -0.2) is 5.43 Å². The molecular weight excluding hydrogens is 160 g/mol. The highest BCUT2D eigenvalue weighted by Gasteiger charge is 2.04. The first-order valence-corrected chi connectivity index (χ1v) is 4.24. The summed E-state index contributed by atoms with van der Waals surface area (Å²) in [5, 5.41) is 5.64. The molecule has 3 nitrogen and oxygen atoms in total. The summed E-state index contributed by atoms with van der Waals surface area (Å²) in [6.45, 7) is 2.65. The number of hydrazine groups is 1. The van der Waals surface area contributed by atoms with Crippen LogP contribution in [-0.4, -0.2) is 18.7 Å². The number of hydrogen-bond acceptors (Lipinski definition) is 4. The molecule has 0 aromatic carbocycles. The summed E-state index contributed by atoms with van der Waals surface area (Å²) in [4.78, 5) is 0. The highest BCUT2D eigenvalue weighted by Crippen LogP contribution is 2.21. The molecule has 1 radical (unpaired) electrons. The fraction of sp³-hybridized carbons (Fsp3) is 0.429. The molecule has 0 fully saturated rings. The van der Waals surface area contributed by atoms with Crippen molar-refractivity contribution in [3.05, 3.63) is 22.9 Å². The van der Waals surface area contributed by atoms with E-state index in [1.807, 2.05) is 26.4 Å². The van der Waals surface area contributed by atoms with Gasteiger partial charge in [0.05, 0.1) is 12.8 Å². The van der Waals surface area contributed by atoms with Crippen molar-refractivity contribution in [1.82, 2.24) is 10.4 Å². The second-order valence-corrected chi connectivity index (χ2v) is 2.70. The van der Waals surface area contributed by atoms with Gasteiger partial charge in [-0.3, -0.25) is 5.01 Å². The van der Waals surface area contributed by atoms with Crippen molar-refractivity contribution in [3.8, 4) is 0 Å². The minimum Gasteiger partial charge on any atom is -0.486 e. The monoisotopic (exact) mass is 171 g/mol. The molecular formula is C7H11N2OS. The number of thioether (sulfide) groups is 1. The zero-order chi connectivity index (χ0) is 8.10. The van der Waals surface area contributed by atoms with Crippen LogP contribution in [0.1, 0.15) is 6.92 Å². The van der Waals surface area contributed by atoms with Crippen molar-refractivity contribution in [2.24, 2.45) is 0 Å². The predicted octanol–water partition coefficient (Wildman–Crippen LogP) is 1.28. The van der Waals surface area contributed by atoms with Crippen molar-refractivity contribution >= 4 is 11.8 Å². The van der Waals surface area contributed by atoms with Gasteiger partial charge in [0.15, 0.2) is 5.09 Å². The molecule has 1 rings (SSSR count). The molecule has 1 aliphatic rings. The van der Waals surface area contributed by atoms with Crippen molar-refractivity contribution in [2.45, 2.75) is 6.92 Å². The molecule has 1 heterocycles. The molecule has 1 N–H and O–H groups in total. The first-order valence-electron chi connectivity index (χ1n) is 3.43. The van der Waals surface area contributed by atoms with Gasteiger partial charge in [0.2, 0.25) is 0 Å². The van der Waals surface area contributed by atoms with E-state index in [-0.39, 0.29) is 0 Å². The summed E-state index contributed by atoms with van der Waals surface area (Å²) in [5.41, 5.74) is 2.94. The highest BCUT2D eigenvalue weighted by atomic mass is 32.2. The zero-order valence-corrected chi connectivity index (χ0v) is 7.44. The first-order chi connectivity index (χ1) is 5.36. The lowest BCUT2D eigenvalue weighted by atomic mass is 10.8. The molecule has 0 amide bonds. The van der Waals surface area contributed by atoms with Crippen LogP contribution in [0.25, 0.3) is 0 Å². The highest BCUT2D eigenvalue weighted by molar-refractivity contribution is 8.04. The molecule has 0 aliphatic carbocycles. The van der Waals surface area contributed by atoms with Crippen LogP contribution in [-0.2, 0) is 4.74 Å². The Kier molecular flexibility index (Phi) is 3.32. The molecule has 61 valence electrons. The van der Waals surface area contributed by atoms with Crippen molar-refractivity contribution in [2.75, 3.05) is 13.7 Å². The quantitative estimate of drug-likeness (QED) is 0.691. The third kappa shape index (κ3) is 2.48. The molecule has 0 spiro atoms. The molecule has 0 aromatic rings. The van der Waals surface area contributed by atoms with E-state index in [1.165, 1.54) is 11.8 Å². The second-order valence-electron chi connectivity index (χ2n) is 1.86. The third-order valence-electron chi connectivity index (χ3n) is 1.14. The summed E-state index contributed by atoms with van der Waals surface area (Å²) in [6, 6.07) is 0. The van der Waals surface area contributed by atoms with Gasteiger partial charge in [0, 0.05) is 18.7 Å². The van der Waals surface area contributed by atoms with Gasteiger partial charge in [-0.1, -0.05) is 0 Å². The summed E-state index contributed by atoms with van der Waals surface area (Å²) < 4.78 is 5.27. The van der Waals surface area contributed by atoms with E-state index in [0.29, 0.717) is 6.61 Å². The van der Waals surface area contributed by atoms with Crippen molar-refractivity contribution in [1.29, 1.82) is 0 Å². The normalized spacial score (nSPS) is 16.5. The summed E-state index contributed by atoms with van der Waals surface area (Å²) in [6.07, 6.45) is 3.69. The van der Waals surface area contributed by atoms with Crippen molar-refractivity contribution < 1.29 is 4.74 Å². The van der Waals surface area contributed by atoms with Gasteiger partial charge < -0.3 is 4.74 Å². The van der Waals surface area contributed by atoms with Crippen LogP contribution in [0.4, 0.5) is 0 Å². The lowest BCUT2D eigenvalue weighted by Gasteiger charge is -2.18. The van der Waals surface area contributed by atoms with Gasteiger partial charge in [-0.2, -0.15) is 0 Å². The molecule has 1 aliphatic heterocycles. The SMILES string of the molecule is CCOC1=CN(NC)C=[C]S1. The average Bonchev–Trinajstić information content (AvgIpc) is 2.06. The molecule has 0 unspecified atom stereocenters. The molecule has 4 heteroatoms. The second kappa shape index (κ2) is 4.31. The largest absolute Gasteiger partial charge is 0.486 e. The Morgan fingerprint density at radius 2 is 2.64 bits per heavy atom. The first kappa shape index (κ1) is 8.49. The molecule has 0 bridgehead atoms. The third-order valence-corrected chi connectivity index (χ3v) is 1.79. The Hall–Kier alpha value is -0.610. The molecule has 0 saturated heterocycles. The Bertz CT molecular complexity index is 179. The maximum Gasteiger partial charge on any atom is 0.175 e. The zero-order valence-electron chi connectivity index (χ0n) is 6.63. The van der Waals surface area contributed by atoms with Gasteiger partial charge in [0.1, 0.15) is 0 Å². The predicted molar refractivity (Wildman–Crippen MR) is 46.0 cm³/mol. The fourth-order valence-corrected chi connectivity index (χ4v) is 1.28. The van der Waals surface area contributed by atoms with E-state index in [2.05, 4.69) is 10.8 Å². The smallest absolute Gasteiger partial charge is 0.175 e. The fourth-order valence-electron chi connectivity index (χ4n) is 0.656. The standard InChI is InChI=1S/C7H11N2OS/c1-3-10-7-6-9(8-2)4-5-11-7/h4,6,8H,3H2,1-2H3. The van der Waals surface area contributed by atoms with E-state index < -0.39 is 0 Å². The lowest BCUT2D eigenvalue weighted by molar-refractivity contribution is 0.245. The Morgan fingerprint density at radius 1 is 1.82 bits per heavy atom. The van der Waals surface area contributed by atoms with Crippen molar-refractivity contribution in [3.63, 3.8) is 0 Å². The minimum absolute atomic E-state index is 0.693. The average molecular weight is 171 g/mol. The van der Waals surface area contributed by atoms with E-state index in [9.17, 15) is 0 Å². The van der Waals surface area contributed by atoms with Gasteiger partial charge >= 0.3 is 0 Å². The van der Waals surface area contributed by atoms with Crippen LogP contribution < -0.4 is 5.43 Å². The number of nitrogens with zero attached hydrogens (tertiary/aromatic N) is 1. The Morgan fingerprint density at radius 3 is 3.27 bits per heavy atom. The molecule has 0 atom stereocenters. The summed E-state index contributed by atoms with van der Waals surface area (Å²) in [5.74, 6) is 0. The Balaban J connectivity index is 2.47. The number of rotatable bonds is 3. The van der Waals surface area contributed by atoms with E-state index in [0.717, 1.165) is 5.09 Å². The minimum atomic E-state index is 0.693. The van der Waals surface area contributed by atoms with Crippen LogP contribution in [0.15, 0.2) is 17.5 Å². The molecule has 0 aromatic heterocycles. The molecule has 0 saturated carbocycles. The van der Waals surface area contributed by atoms with Gasteiger partial charge in [0.25, 0.3) is 0 Å². The van der Waals surface area contributed by atoms with E-state index in [1.54, 1.807) is 5.01 Å². The van der Waals surface area contributed by atoms with E-state index in [4.69, 9.17) is 4.74 Å². The van der Waals surface area contributed by atoms with Gasteiger partial charge in [-0.05, 0) is 18.7 Å².